The highest BCUT2D eigenvalue weighted by atomic mass is 35.5. The molecule has 0 spiro atoms. The van der Waals surface area contributed by atoms with Gasteiger partial charge in [0.05, 0.1) is 24.1 Å². The van der Waals surface area contributed by atoms with Crippen LogP contribution in [0.4, 0.5) is 15.9 Å². The van der Waals surface area contributed by atoms with Gasteiger partial charge in [0, 0.05) is 36.1 Å². The molecule has 2 aromatic carbocycles. The number of halogens is 2. The fourth-order valence-electron chi connectivity index (χ4n) is 6.11. The van der Waals surface area contributed by atoms with E-state index in [1.54, 1.807) is 36.5 Å². The summed E-state index contributed by atoms with van der Waals surface area (Å²) in [7, 11) is 0. The quantitative estimate of drug-likeness (QED) is 0.199. The maximum Gasteiger partial charge on any atom is 0.361 e. The summed E-state index contributed by atoms with van der Waals surface area (Å²) in [5, 5.41) is 10.7. The first-order valence-electron chi connectivity index (χ1n) is 15.9. The maximum atomic E-state index is 13.4. The normalized spacial score (nSPS) is 16.6. The van der Waals surface area contributed by atoms with Gasteiger partial charge in [-0.2, -0.15) is 5.10 Å². The predicted molar refractivity (Wildman–Crippen MR) is 179 cm³/mol. The van der Waals surface area contributed by atoms with Crippen molar-refractivity contribution in [3.8, 4) is 11.3 Å². The minimum atomic E-state index is -1.32. The van der Waals surface area contributed by atoms with E-state index in [9.17, 15) is 14.0 Å². The van der Waals surface area contributed by atoms with Crippen LogP contribution >= 0.6 is 12.4 Å². The summed E-state index contributed by atoms with van der Waals surface area (Å²) in [5.41, 5.74) is 7.77. The number of hydrogen-bond acceptors (Lipinski definition) is 9. The van der Waals surface area contributed by atoms with Crippen molar-refractivity contribution in [3.05, 3.63) is 90.3 Å². The largest absolute Gasteiger partial charge is 0.442 e. The second kappa shape index (κ2) is 15.9. The van der Waals surface area contributed by atoms with E-state index in [4.69, 9.17) is 10.5 Å². The molecule has 6 rings (SSSR count). The lowest BCUT2D eigenvalue weighted by Gasteiger charge is -2.33. The molecular formula is C34H40ClFN8O3. The number of ether oxygens (including phenoxy) is 1. The monoisotopic (exact) mass is 662 g/mol. The van der Waals surface area contributed by atoms with E-state index in [0.29, 0.717) is 22.5 Å². The van der Waals surface area contributed by atoms with Crippen LogP contribution < -0.4 is 16.4 Å². The summed E-state index contributed by atoms with van der Waals surface area (Å²) < 4.78 is 21.0. The first-order valence-corrected chi connectivity index (χ1v) is 15.9. The molecular weight excluding hydrogens is 623 g/mol. The molecule has 4 aromatic rings. The number of nitrogens with zero attached hydrogens (tertiary/aromatic N) is 5. The van der Waals surface area contributed by atoms with Gasteiger partial charge in [0.15, 0.2) is 11.5 Å². The molecule has 0 unspecified atom stereocenters. The summed E-state index contributed by atoms with van der Waals surface area (Å²) >= 11 is 0. The van der Waals surface area contributed by atoms with Gasteiger partial charge in [0.2, 0.25) is 6.10 Å². The molecule has 2 aliphatic heterocycles. The van der Waals surface area contributed by atoms with E-state index in [1.807, 2.05) is 10.9 Å². The molecule has 2 aliphatic rings. The molecule has 0 saturated carbocycles. The Bertz CT molecular complexity index is 1620. The van der Waals surface area contributed by atoms with Gasteiger partial charge in [0.1, 0.15) is 5.82 Å². The highest BCUT2D eigenvalue weighted by molar-refractivity contribution is 5.99. The number of nitrogen functional groups attached to an aromatic ring is 1. The fourth-order valence-corrected chi connectivity index (χ4v) is 6.11. The van der Waals surface area contributed by atoms with Crippen LogP contribution in [-0.2, 0) is 9.53 Å². The SMILES string of the molecule is Cl.Nc1ncc(-c2cnn(C3CCN(CCC4CCNCC4)CC3)c2)nc1C(=O)O[C@@H](C(=O)Nc1ccc(F)cc1)c1ccccc1. The third-order valence-corrected chi connectivity index (χ3v) is 8.81. The Labute approximate surface area is 279 Å². The topological polar surface area (TPSA) is 140 Å². The number of anilines is 2. The molecule has 2 aromatic heterocycles. The number of rotatable bonds is 10. The summed E-state index contributed by atoms with van der Waals surface area (Å²) in [6, 6.07) is 14.1. The first kappa shape index (κ1) is 34.0. The second-order valence-corrected chi connectivity index (χ2v) is 11.9. The number of benzene rings is 2. The van der Waals surface area contributed by atoms with Gasteiger partial charge in [-0.25, -0.2) is 19.2 Å². The van der Waals surface area contributed by atoms with Crippen molar-refractivity contribution >= 4 is 35.8 Å². The van der Waals surface area contributed by atoms with Crippen molar-refractivity contribution < 1.29 is 18.7 Å². The Morgan fingerprint density at radius 1 is 1.02 bits per heavy atom. The Morgan fingerprint density at radius 2 is 1.74 bits per heavy atom. The van der Waals surface area contributed by atoms with Gasteiger partial charge in [-0.15, -0.1) is 12.4 Å². The number of esters is 1. The number of likely N-dealkylation sites (tertiary alicyclic amines) is 1. The number of aromatic nitrogens is 4. The minimum absolute atomic E-state index is 0. The number of carbonyl (C=O) groups excluding carboxylic acids is 2. The van der Waals surface area contributed by atoms with E-state index in [2.05, 4.69) is 30.6 Å². The van der Waals surface area contributed by atoms with Crippen molar-refractivity contribution in [2.75, 3.05) is 43.8 Å². The zero-order valence-corrected chi connectivity index (χ0v) is 26.9. The number of nitrogens with one attached hydrogen (secondary N) is 2. The highest BCUT2D eigenvalue weighted by Crippen LogP contribution is 2.27. The summed E-state index contributed by atoms with van der Waals surface area (Å²) in [6.45, 7) is 5.51. The van der Waals surface area contributed by atoms with Crippen LogP contribution in [0.25, 0.3) is 11.3 Å². The van der Waals surface area contributed by atoms with Crippen LogP contribution in [0.2, 0.25) is 0 Å². The van der Waals surface area contributed by atoms with Crippen LogP contribution in [-0.4, -0.2) is 69.2 Å². The summed E-state index contributed by atoms with van der Waals surface area (Å²) in [4.78, 5) is 37.9. The molecule has 0 bridgehead atoms. The van der Waals surface area contributed by atoms with Crippen LogP contribution in [0, 0.1) is 11.7 Å². The van der Waals surface area contributed by atoms with E-state index >= 15 is 0 Å². The average Bonchev–Trinajstić information content (AvgIpc) is 3.59. The van der Waals surface area contributed by atoms with Crippen molar-refractivity contribution in [1.29, 1.82) is 0 Å². The van der Waals surface area contributed by atoms with Gasteiger partial charge in [0.25, 0.3) is 5.91 Å². The van der Waals surface area contributed by atoms with Crippen LogP contribution in [0.15, 0.2) is 73.2 Å². The Kier molecular flexibility index (Phi) is 11.5. The molecule has 1 amide bonds. The van der Waals surface area contributed by atoms with E-state index < -0.39 is 23.8 Å². The smallest absolute Gasteiger partial charge is 0.361 e. The number of hydrogen-bond donors (Lipinski definition) is 3. The Balaban J connectivity index is 0.00000433. The predicted octanol–water partition coefficient (Wildman–Crippen LogP) is 5.05. The zero-order chi connectivity index (χ0) is 31.9. The summed E-state index contributed by atoms with van der Waals surface area (Å²) in [5.74, 6) is -1.25. The molecule has 13 heteroatoms. The van der Waals surface area contributed by atoms with Gasteiger partial charge in [-0.1, -0.05) is 30.3 Å². The fraction of sp³-hybridized carbons (Fsp3) is 0.382. The van der Waals surface area contributed by atoms with Gasteiger partial charge in [-0.05, 0) is 81.9 Å². The lowest BCUT2D eigenvalue weighted by atomic mass is 9.94. The van der Waals surface area contributed by atoms with Crippen LogP contribution in [0.1, 0.15) is 60.3 Å². The van der Waals surface area contributed by atoms with Gasteiger partial charge < -0.3 is 26.0 Å². The maximum absolute atomic E-state index is 13.4. The molecule has 0 radical (unpaired) electrons. The van der Waals surface area contributed by atoms with E-state index in [-0.39, 0.29) is 30.0 Å². The molecule has 47 heavy (non-hydrogen) atoms. The number of carbonyl (C=O) groups is 2. The number of amides is 1. The Morgan fingerprint density at radius 3 is 2.47 bits per heavy atom. The average molecular weight is 663 g/mol. The first-order chi connectivity index (χ1) is 22.4. The molecule has 0 aliphatic carbocycles. The molecule has 2 saturated heterocycles. The lowest BCUT2D eigenvalue weighted by Crippen LogP contribution is -2.37. The number of piperidine rings is 2. The van der Waals surface area contributed by atoms with E-state index in [1.165, 1.54) is 49.7 Å². The zero-order valence-electron chi connectivity index (χ0n) is 26.1. The standard InChI is InChI=1S/C34H39FN8O3.ClH/c35-26-6-8-27(9-7-26)40-33(44)31(24-4-2-1-3-5-24)46-34(45)30-32(36)38-21-29(41-30)25-20-39-43(22-25)28-13-18-42(19-14-28)17-12-23-10-15-37-16-11-23;/h1-9,20-23,28,31,37H,10-19H2,(H2,36,38)(H,40,44);1H/t31-;/m1./s1. The van der Waals surface area contributed by atoms with E-state index in [0.717, 1.165) is 51.5 Å². The molecule has 4 heterocycles. The highest BCUT2D eigenvalue weighted by Gasteiger charge is 2.29. The Hall–Kier alpha value is -4.39. The lowest BCUT2D eigenvalue weighted by molar-refractivity contribution is -0.125. The molecule has 4 N–H and O–H groups in total. The van der Waals surface area contributed by atoms with Crippen LogP contribution in [0.3, 0.4) is 0 Å². The third kappa shape index (κ3) is 8.70. The molecule has 1 atom stereocenters. The third-order valence-electron chi connectivity index (χ3n) is 8.81. The second-order valence-electron chi connectivity index (χ2n) is 11.9. The van der Waals surface area contributed by atoms with Crippen molar-refractivity contribution in [3.63, 3.8) is 0 Å². The van der Waals surface area contributed by atoms with Crippen LogP contribution in [0.5, 0.6) is 0 Å². The molecule has 248 valence electrons. The van der Waals surface area contributed by atoms with Gasteiger partial charge >= 0.3 is 5.97 Å². The molecule has 2 fully saturated rings. The van der Waals surface area contributed by atoms with Crippen molar-refractivity contribution in [1.82, 2.24) is 30.0 Å². The minimum Gasteiger partial charge on any atom is -0.442 e. The van der Waals surface area contributed by atoms with Crippen molar-refractivity contribution in [2.45, 2.75) is 44.2 Å². The van der Waals surface area contributed by atoms with Crippen molar-refractivity contribution in [2.24, 2.45) is 5.92 Å². The summed E-state index contributed by atoms with van der Waals surface area (Å²) in [6.07, 6.45) is 9.66. The number of nitrogens with two attached hydrogens (primary N) is 1. The van der Waals surface area contributed by atoms with Gasteiger partial charge in [-0.3, -0.25) is 9.48 Å². The molecule has 11 nitrogen and oxygen atoms in total.